The first kappa shape index (κ1) is 13.4. The summed E-state index contributed by atoms with van der Waals surface area (Å²) >= 11 is 5.96. The van der Waals surface area contributed by atoms with Crippen LogP contribution in [-0.4, -0.2) is 28.0 Å². The summed E-state index contributed by atoms with van der Waals surface area (Å²) in [6.45, 7) is 0. The second-order valence-corrected chi connectivity index (χ2v) is 5.97. The molecule has 2 fully saturated rings. The summed E-state index contributed by atoms with van der Waals surface area (Å²) in [5.41, 5.74) is 11.2. The molecular weight excluding hydrogens is 278 g/mol. The van der Waals surface area contributed by atoms with E-state index >= 15 is 0 Å². The van der Waals surface area contributed by atoms with E-state index in [1.807, 2.05) is 4.90 Å². The molecule has 0 bridgehead atoms. The van der Waals surface area contributed by atoms with E-state index in [2.05, 4.69) is 9.97 Å². The van der Waals surface area contributed by atoms with Crippen LogP contribution in [0.2, 0.25) is 5.15 Å². The van der Waals surface area contributed by atoms with Crippen LogP contribution in [0.5, 0.6) is 0 Å². The lowest BCUT2D eigenvalue weighted by atomic mass is 9.85. The Morgan fingerprint density at radius 3 is 2.80 bits per heavy atom. The van der Waals surface area contributed by atoms with Crippen molar-refractivity contribution in [2.45, 2.75) is 44.2 Å². The Kier molecular flexibility index (Phi) is 3.41. The molecule has 1 amide bonds. The number of amides is 1. The average molecular weight is 296 g/mol. The minimum Gasteiger partial charge on any atom is -0.368 e. The van der Waals surface area contributed by atoms with Gasteiger partial charge in [0.25, 0.3) is 0 Å². The van der Waals surface area contributed by atoms with Crippen molar-refractivity contribution in [3.05, 3.63) is 11.2 Å². The number of aromatic nitrogens is 2. The molecule has 1 aromatic rings. The van der Waals surface area contributed by atoms with Gasteiger partial charge < -0.3 is 16.4 Å². The van der Waals surface area contributed by atoms with E-state index in [1.165, 1.54) is 6.42 Å². The van der Waals surface area contributed by atoms with Gasteiger partial charge in [0, 0.05) is 12.1 Å². The molecule has 3 atom stereocenters. The van der Waals surface area contributed by atoms with Crippen LogP contribution in [-0.2, 0) is 4.79 Å². The number of halogens is 1. The minimum absolute atomic E-state index is 0.120. The van der Waals surface area contributed by atoms with Gasteiger partial charge in [-0.15, -0.1) is 0 Å². The average Bonchev–Trinajstić information content (AvgIpc) is 2.77. The molecule has 1 saturated heterocycles. The number of primary amides is 1. The van der Waals surface area contributed by atoms with Gasteiger partial charge in [0.1, 0.15) is 17.0 Å². The number of nitrogen functional groups attached to an aromatic ring is 1. The smallest absolute Gasteiger partial charge is 0.240 e. The second kappa shape index (κ2) is 5.09. The molecule has 0 aromatic carbocycles. The number of hydrogen-bond donors (Lipinski definition) is 2. The van der Waals surface area contributed by atoms with Gasteiger partial charge in [0.15, 0.2) is 0 Å². The molecule has 2 aliphatic rings. The third-order valence-electron chi connectivity index (χ3n) is 4.38. The molecule has 6 nitrogen and oxygen atoms in total. The summed E-state index contributed by atoms with van der Waals surface area (Å²) in [5, 5.41) is 0.287. The lowest BCUT2D eigenvalue weighted by Gasteiger charge is -2.34. The Bertz CT molecular complexity index is 517. The Morgan fingerprint density at radius 1 is 1.35 bits per heavy atom. The highest BCUT2D eigenvalue weighted by molar-refractivity contribution is 6.29. The summed E-state index contributed by atoms with van der Waals surface area (Å²) in [6.07, 6.45) is 5.36. The summed E-state index contributed by atoms with van der Waals surface area (Å²) in [7, 11) is 0. The standard InChI is InChI=1S/C13H18ClN5O/c14-10-6-11(18-13(16)17-10)19-8-4-2-1-3-7(8)5-9(19)12(15)20/h6-9H,1-5H2,(H2,15,20)(H2,16,17,18)/t7-,8+,9-/m0/s1. The van der Waals surface area contributed by atoms with Crippen LogP contribution in [0.3, 0.4) is 0 Å². The lowest BCUT2D eigenvalue weighted by molar-refractivity contribution is -0.119. The Balaban J connectivity index is 2.00. The summed E-state index contributed by atoms with van der Waals surface area (Å²) in [5.74, 6) is 0.916. The molecule has 4 N–H and O–H groups in total. The highest BCUT2D eigenvalue weighted by Gasteiger charge is 2.45. The zero-order valence-corrected chi connectivity index (χ0v) is 11.9. The largest absolute Gasteiger partial charge is 0.368 e. The minimum atomic E-state index is -0.325. The molecular formula is C13H18ClN5O. The highest BCUT2D eigenvalue weighted by atomic mass is 35.5. The van der Waals surface area contributed by atoms with Crippen molar-refractivity contribution in [3.63, 3.8) is 0 Å². The SMILES string of the molecule is NC(=O)[C@@H]1C[C@@H]2CCCC[C@H]2N1c1cc(Cl)nc(N)n1. The number of hydrogen-bond acceptors (Lipinski definition) is 5. The molecule has 0 spiro atoms. The molecule has 1 aliphatic heterocycles. The van der Waals surface area contributed by atoms with Crippen LogP contribution >= 0.6 is 11.6 Å². The Labute approximate surface area is 122 Å². The first-order chi connectivity index (χ1) is 9.56. The van der Waals surface area contributed by atoms with Crippen LogP contribution in [0.4, 0.5) is 11.8 Å². The monoisotopic (exact) mass is 295 g/mol. The molecule has 1 aliphatic carbocycles. The summed E-state index contributed by atoms with van der Waals surface area (Å²) in [6, 6.07) is 1.63. The molecule has 7 heteroatoms. The number of carbonyl (C=O) groups is 1. The fraction of sp³-hybridized carbons (Fsp3) is 0.615. The second-order valence-electron chi connectivity index (χ2n) is 5.58. The number of nitrogens with two attached hydrogens (primary N) is 2. The van der Waals surface area contributed by atoms with Crippen LogP contribution in [0.15, 0.2) is 6.07 Å². The number of rotatable bonds is 2. The number of nitrogens with zero attached hydrogens (tertiary/aromatic N) is 3. The number of fused-ring (bicyclic) bond motifs is 1. The maximum absolute atomic E-state index is 11.8. The fourth-order valence-electron chi connectivity index (χ4n) is 3.60. The van der Waals surface area contributed by atoms with E-state index in [-0.39, 0.29) is 23.1 Å². The van der Waals surface area contributed by atoms with Gasteiger partial charge in [-0.2, -0.15) is 4.98 Å². The van der Waals surface area contributed by atoms with Crippen molar-refractivity contribution >= 4 is 29.3 Å². The van der Waals surface area contributed by atoms with Gasteiger partial charge in [-0.25, -0.2) is 4.98 Å². The Morgan fingerprint density at radius 2 is 2.10 bits per heavy atom. The van der Waals surface area contributed by atoms with Gasteiger partial charge in [0.2, 0.25) is 11.9 Å². The predicted octanol–water partition coefficient (Wildman–Crippen LogP) is 1.33. The van der Waals surface area contributed by atoms with E-state index in [4.69, 9.17) is 23.1 Å². The quantitative estimate of drug-likeness (QED) is 0.802. The van der Waals surface area contributed by atoms with Crippen LogP contribution in [0.1, 0.15) is 32.1 Å². The van der Waals surface area contributed by atoms with Crippen molar-refractivity contribution in [2.75, 3.05) is 10.6 Å². The van der Waals surface area contributed by atoms with Crippen molar-refractivity contribution in [1.29, 1.82) is 0 Å². The predicted molar refractivity (Wildman–Crippen MR) is 77.3 cm³/mol. The molecule has 0 unspecified atom stereocenters. The first-order valence-electron chi connectivity index (χ1n) is 6.94. The van der Waals surface area contributed by atoms with Crippen molar-refractivity contribution in [3.8, 4) is 0 Å². The summed E-state index contributed by atoms with van der Waals surface area (Å²) in [4.78, 5) is 21.9. The molecule has 1 saturated carbocycles. The molecule has 108 valence electrons. The third kappa shape index (κ3) is 2.28. The van der Waals surface area contributed by atoms with Crippen LogP contribution in [0.25, 0.3) is 0 Å². The number of carbonyl (C=O) groups excluding carboxylic acids is 1. The van der Waals surface area contributed by atoms with Crippen LogP contribution in [0, 0.1) is 5.92 Å². The van der Waals surface area contributed by atoms with Crippen molar-refractivity contribution in [2.24, 2.45) is 11.7 Å². The van der Waals surface area contributed by atoms with E-state index in [9.17, 15) is 4.79 Å². The summed E-state index contributed by atoms with van der Waals surface area (Å²) < 4.78 is 0. The van der Waals surface area contributed by atoms with Crippen molar-refractivity contribution < 1.29 is 4.79 Å². The van der Waals surface area contributed by atoms with Gasteiger partial charge in [0.05, 0.1) is 0 Å². The first-order valence-corrected chi connectivity index (χ1v) is 7.32. The molecule has 2 heterocycles. The zero-order chi connectivity index (χ0) is 14.3. The van der Waals surface area contributed by atoms with Gasteiger partial charge in [-0.05, 0) is 25.2 Å². The normalized spacial score (nSPS) is 29.2. The van der Waals surface area contributed by atoms with Gasteiger partial charge in [-0.1, -0.05) is 24.4 Å². The molecule has 3 rings (SSSR count). The van der Waals surface area contributed by atoms with E-state index in [0.717, 1.165) is 25.7 Å². The fourth-order valence-corrected chi connectivity index (χ4v) is 3.78. The van der Waals surface area contributed by atoms with E-state index in [1.54, 1.807) is 6.07 Å². The maximum Gasteiger partial charge on any atom is 0.240 e. The van der Waals surface area contributed by atoms with Gasteiger partial charge >= 0.3 is 0 Å². The molecule has 0 radical (unpaired) electrons. The highest BCUT2D eigenvalue weighted by Crippen LogP contribution is 2.42. The van der Waals surface area contributed by atoms with Gasteiger partial charge in [-0.3, -0.25) is 4.79 Å². The van der Waals surface area contributed by atoms with E-state index in [0.29, 0.717) is 17.8 Å². The van der Waals surface area contributed by atoms with E-state index < -0.39 is 0 Å². The number of anilines is 2. The molecule has 1 aromatic heterocycles. The zero-order valence-electron chi connectivity index (χ0n) is 11.1. The Hall–Kier alpha value is -1.56. The molecule has 20 heavy (non-hydrogen) atoms. The topological polar surface area (TPSA) is 98.1 Å². The lowest BCUT2D eigenvalue weighted by Crippen LogP contribution is -2.45. The maximum atomic E-state index is 11.8. The van der Waals surface area contributed by atoms with Crippen LogP contribution < -0.4 is 16.4 Å². The van der Waals surface area contributed by atoms with Crippen molar-refractivity contribution in [1.82, 2.24) is 9.97 Å². The third-order valence-corrected chi connectivity index (χ3v) is 4.57.